The number of rotatable bonds is 7. The van der Waals surface area contributed by atoms with E-state index in [1.54, 1.807) is 41.3 Å². The molecule has 33 heavy (non-hydrogen) atoms. The molecular formula is C25H26N2O5S. The summed E-state index contributed by atoms with van der Waals surface area (Å²) in [5.74, 6) is 0.499. The summed E-state index contributed by atoms with van der Waals surface area (Å²) >= 11 is 0. The van der Waals surface area contributed by atoms with E-state index in [-0.39, 0.29) is 23.0 Å². The minimum atomic E-state index is -4.06. The number of hydrogen-bond donors (Lipinski definition) is 0. The minimum Gasteiger partial charge on any atom is -0.497 e. The molecule has 7 nitrogen and oxygen atoms in total. The van der Waals surface area contributed by atoms with E-state index in [0.717, 1.165) is 16.3 Å². The lowest BCUT2D eigenvalue weighted by Gasteiger charge is -2.32. The van der Waals surface area contributed by atoms with E-state index >= 15 is 0 Å². The van der Waals surface area contributed by atoms with Crippen molar-refractivity contribution < 1.29 is 22.7 Å². The summed E-state index contributed by atoms with van der Waals surface area (Å²) in [5.41, 5.74) is 2.53. The van der Waals surface area contributed by atoms with Crippen LogP contribution in [0.4, 0.5) is 5.69 Å². The molecule has 0 unspecified atom stereocenters. The highest BCUT2D eigenvalue weighted by Gasteiger charge is 2.32. The monoisotopic (exact) mass is 466 g/mol. The van der Waals surface area contributed by atoms with Crippen LogP contribution in [0.1, 0.15) is 11.1 Å². The predicted octanol–water partition coefficient (Wildman–Crippen LogP) is 3.48. The van der Waals surface area contributed by atoms with Crippen LogP contribution in [0.15, 0.2) is 77.7 Å². The van der Waals surface area contributed by atoms with Gasteiger partial charge in [-0.05, 0) is 41.8 Å². The Morgan fingerprint density at radius 1 is 0.939 bits per heavy atom. The maximum absolute atomic E-state index is 13.7. The van der Waals surface area contributed by atoms with E-state index in [0.29, 0.717) is 24.6 Å². The van der Waals surface area contributed by atoms with Crippen molar-refractivity contribution in [2.45, 2.75) is 17.9 Å². The molecule has 0 atom stereocenters. The number of amides is 1. The standard InChI is InChI=1S/C25H26N2O5S/c1-31-21-12-13-24(32-2)23(16-21)27(33(29,30)22-10-4-3-5-11-22)18-25(28)26-15-14-19-8-6-7-9-20(19)17-26/h3-13,16H,14-15,17-18H2,1-2H3. The largest absolute Gasteiger partial charge is 0.497 e. The average Bonchev–Trinajstić information content (AvgIpc) is 2.86. The van der Waals surface area contributed by atoms with E-state index in [9.17, 15) is 13.2 Å². The molecule has 1 aliphatic heterocycles. The number of methoxy groups -OCH3 is 2. The van der Waals surface area contributed by atoms with E-state index in [1.165, 1.54) is 31.9 Å². The Balaban J connectivity index is 1.72. The van der Waals surface area contributed by atoms with Crippen LogP contribution < -0.4 is 13.8 Å². The van der Waals surface area contributed by atoms with Gasteiger partial charge in [-0.15, -0.1) is 0 Å². The second-order valence-corrected chi connectivity index (χ2v) is 9.56. The first-order valence-electron chi connectivity index (χ1n) is 10.6. The molecule has 0 aromatic heterocycles. The summed E-state index contributed by atoms with van der Waals surface area (Å²) in [4.78, 5) is 15.2. The topological polar surface area (TPSA) is 76.2 Å². The fraction of sp³-hybridized carbons (Fsp3) is 0.240. The summed E-state index contributed by atoms with van der Waals surface area (Å²) in [7, 11) is -1.10. The summed E-state index contributed by atoms with van der Waals surface area (Å²) in [6.07, 6.45) is 0.732. The van der Waals surface area contributed by atoms with Crippen molar-refractivity contribution >= 4 is 21.6 Å². The fourth-order valence-electron chi connectivity index (χ4n) is 3.94. The highest BCUT2D eigenvalue weighted by atomic mass is 32.2. The maximum atomic E-state index is 13.7. The van der Waals surface area contributed by atoms with Crippen LogP contribution >= 0.6 is 0 Å². The summed E-state index contributed by atoms with van der Waals surface area (Å²) in [6, 6.07) is 20.9. The first-order chi connectivity index (χ1) is 15.9. The van der Waals surface area contributed by atoms with Crippen LogP contribution in [0, 0.1) is 0 Å². The number of hydrogen-bond acceptors (Lipinski definition) is 5. The predicted molar refractivity (Wildman–Crippen MR) is 126 cm³/mol. The Hall–Kier alpha value is -3.52. The van der Waals surface area contributed by atoms with Gasteiger partial charge in [-0.1, -0.05) is 42.5 Å². The van der Waals surface area contributed by atoms with Crippen LogP contribution in [0.3, 0.4) is 0 Å². The minimum absolute atomic E-state index is 0.0895. The maximum Gasteiger partial charge on any atom is 0.264 e. The van der Waals surface area contributed by atoms with Crippen molar-refractivity contribution in [1.29, 1.82) is 0 Å². The molecule has 0 N–H and O–H groups in total. The van der Waals surface area contributed by atoms with Gasteiger partial charge in [0.15, 0.2) is 0 Å². The number of carbonyl (C=O) groups excluding carboxylic acids is 1. The summed E-state index contributed by atoms with van der Waals surface area (Å²) in [5, 5.41) is 0. The molecule has 8 heteroatoms. The van der Waals surface area contributed by atoms with Gasteiger partial charge >= 0.3 is 0 Å². The number of benzene rings is 3. The quantitative estimate of drug-likeness (QED) is 0.533. The number of fused-ring (bicyclic) bond motifs is 1. The van der Waals surface area contributed by atoms with Gasteiger partial charge in [-0.2, -0.15) is 0 Å². The van der Waals surface area contributed by atoms with Gasteiger partial charge in [0.2, 0.25) is 5.91 Å². The van der Waals surface area contributed by atoms with Crippen LogP contribution in [0.5, 0.6) is 11.5 Å². The number of sulfonamides is 1. The molecule has 0 bridgehead atoms. The smallest absolute Gasteiger partial charge is 0.264 e. The van der Waals surface area contributed by atoms with Gasteiger partial charge in [0.25, 0.3) is 10.0 Å². The van der Waals surface area contributed by atoms with Gasteiger partial charge in [0.05, 0.1) is 24.8 Å². The molecule has 3 aromatic carbocycles. The summed E-state index contributed by atoms with van der Waals surface area (Å²) < 4.78 is 39.2. The fourth-order valence-corrected chi connectivity index (χ4v) is 5.38. The average molecular weight is 467 g/mol. The molecule has 172 valence electrons. The lowest BCUT2D eigenvalue weighted by molar-refractivity contribution is -0.130. The zero-order valence-corrected chi connectivity index (χ0v) is 19.4. The van der Waals surface area contributed by atoms with Gasteiger partial charge in [-0.3, -0.25) is 9.10 Å². The molecule has 3 aromatic rings. The lowest BCUT2D eigenvalue weighted by atomic mass is 10.00. The third-order valence-electron chi connectivity index (χ3n) is 5.75. The highest BCUT2D eigenvalue weighted by molar-refractivity contribution is 7.92. The van der Waals surface area contributed by atoms with Crippen LogP contribution in [-0.4, -0.2) is 46.5 Å². The Labute approximate surface area is 194 Å². The molecular weight excluding hydrogens is 440 g/mol. The first-order valence-corrected chi connectivity index (χ1v) is 12.0. The molecule has 0 saturated heterocycles. The van der Waals surface area contributed by atoms with Crippen LogP contribution in [0.25, 0.3) is 0 Å². The molecule has 4 rings (SSSR count). The Morgan fingerprint density at radius 2 is 1.64 bits per heavy atom. The van der Waals surface area contributed by atoms with Gasteiger partial charge in [0, 0.05) is 19.2 Å². The summed E-state index contributed by atoms with van der Waals surface area (Å²) in [6.45, 7) is 0.622. The van der Waals surface area contributed by atoms with E-state index in [1.807, 2.05) is 18.2 Å². The highest BCUT2D eigenvalue weighted by Crippen LogP contribution is 2.36. The van der Waals surface area contributed by atoms with E-state index in [4.69, 9.17) is 9.47 Å². The molecule has 0 aliphatic carbocycles. The first kappa shape index (κ1) is 22.7. The molecule has 0 saturated carbocycles. The van der Waals surface area contributed by atoms with Crippen molar-refractivity contribution in [3.8, 4) is 11.5 Å². The molecule has 1 amide bonds. The zero-order chi connectivity index (χ0) is 23.4. The van der Waals surface area contributed by atoms with Crippen molar-refractivity contribution in [2.75, 3.05) is 31.6 Å². The number of ether oxygens (including phenoxy) is 2. The van der Waals surface area contributed by atoms with Gasteiger partial charge in [-0.25, -0.2) is 8.42 Å². The zero-order valence-electron chi connectivity index (χ0n) is 18.6. The number of carbonyl (C=O) groups is 1. The third-order valence-corrected chi connectivity index (χ3v) is 7.52. The van der Waals surface area contributed by atoms with E-state index in [2.05, 4.69) is 6.07 Å². The van der Waals surface area contributed by atoms with Crippen LogP contribution in [-0.2, 0) is 27.8 Å². The SMILES string of the molecule is COc1ccc(OC)c(N(CC(=O)N2CCc3ccccc3C2)S(=O)(=O)c2ccccc2)c1. The van der Waals surface area contributed by atoms with Crippen molar-refractivity contribution in [1.82, 2.24) is 4.90 Å². The number of anilines is 1. The molecule has 1 heterocycles. The van der Waals surface area contributed by atoms with Crippen LogP contribution in [0.2, 0.25) is 0 Å². The molecule has 0 fully saturated rings. The normalized spacial score (nSPS) is 13.2. The van der Waals surface area contributed by atoms with Crippen molar-refractivity contribution in [3.05, 3.63) is 83.9 Å². The van der Waals surface area contributed by atoms with E-state index < -0.39 is 10.0 Å². The molecule has 0 spiro atoms. The van der Waals surface area contributed by atoms with Gasteiger partial charge in [0.1, 0.15) is 18.0 Å². The van der Waals surface area contributed by atoms with Crippen molar-refractivity contribution in [3.63, 3.8) is 0 Å². The third kappa shape index (κ3) is 4.66. The second-order valence-electron chi connectivity index (χ2n) is 7.70. The Bertz CT molecular complexity index is 1240. The lowest BCUT2D eigenvalue weighted by Crippen LogP contribution is -2.44. The second kappa shape index (κ2) is 9.54. The molecule has 1 aliphatic rings. The van der Waals surface area contributed by atoms with Gasteiger partial charge < -0.3 is 14.4 Å². The molecule has 0 radical (unpaired) electrons. The Kier molecular flexibility index (Phi) is 6.55. The van der Waals surface area contributed by atoms with Crippen molar-refractivity contribution in [2.24, 2.45) is 0 Å². The number of nitrogens with zero attached hydrogens (tertiary/aromatic N) is 2. The Morgan fingerprint density at radius 3 is 2.33 bits per heavy atom.